The molecule has 0 unspecified atom stereocenters. The van der Waals surface area contributed by atoms with Crippen LogP contribution in [-0.2, 0) is 19.3 Å². The standard InChI is InChI=1S/C19H23N3O/c1-2-14-3-6-17(7-4-14)22-19(20)21-11-9-15-5-8-18-16(13-15)10-12-23-18/h3-8,13H,2,9-12H2,1H3,(H3,20,21,22). The molecular formula is C19H23N3O. The van der Waals surface area contributed by atoms with Crippen molar-refractivity contribution >= 4 is 11.6 Å². The molecule has 1 aliphatic heterocycles. The molecule has 0 bridgehead atoms. The van der Waals surface area contributed by atoms with Gasteiger partial charge >= 0.3 is 0 Å². The van der Waals surface area contributed by atoms with E-state index in [0.717, 1.165) is 37.3 Å². The highest BCUT2D eigenvalue weighted by Crippen LogP contribution is 2.25. The van der Waals surface area contributed by atoms with Gasteiger partial charge < -0.3 is 15.8 Å². The van der Waals surface area contributed by atoms with Crippen molar-refractivity contribution in [1.82, 2.24) is 0 Å². The zero-order valence-electron chi connectivity index (χ0n) is 13.5. The molecule has 2 aromatic carbocycles. The fraction of sp³-hybridized carbons (Fsp3) is 0.316. The summed E-state index contributed by atoms with van der Waals surface area (Å²) in [5, 5.41) is 3.13. The van der Waals surface area contributed by atoms with Crippen LogP contribution in [-0.4, -0.2) is 19.1 Å². The third-order valence-electron chi connectivity index (χ3n) is 4.07. The Morgan fingerprint density at radius 1 is 1.17 bits per heavy atom. The van der Waals surface area contributed by atoms with Crippen LogP contribution in [0.3, 0.4) is 0 Å². The van der Waals surface area contributed by atoms with Crippen molar-refractivity contribution in [2.75, 3.05) is 18.5 Å². The number of nitrogens with zero attached hydrogens (tertiary/aromatic N) is 1. The van der Waals surface area contributed by atoms with Crippen molar-refractivity contribution in [2.24, 2.45) is 10.7 Å². The molecule has 23 heavy (non-hydrogen) atoms. The van der Waals surface area contributed by atoms with E-state index in [9.17, 15) is 0 Å². The topological polar surface area (TPSA) is 59.6 Å². The molecule has 1 aliphatic rings. The SMILES string of the molecule is CCc1ccc(NC(N)=NCCc2ccc3c(c2)CCO3)cc1. The fourth-order valence-corrected chi connectivity index (χ4v) is 2.71. The maximum Gasteiger partial charge on any atom is 0.193 e. The van der Waals surface area contributed by atoms with Crippen LogP contribution in [0.1, 0.15) is 23.6 Å². The summed E-state index contributed by atoms with van der Waals surface area (Å²) in [4.78, 5) is 4.40. The van der Waals surface area contributed by atoms with Crippen LogP contribution in [0.4, 0.5) is 5.69 Å². The Kier molecular flexibility index (Phi) is 4.81. The Balaban J connectivity index is 1.52. The van der Waals surface area contributed by atoms with Crippen LogP contribution >= 0.6 is 0 Å². The molecule has 0 saturated heterocycles. The van der Waals surface area contributed by atoms with E-state index >= 15 is 0 Å². The first-order chi connectivity index (χ1) is 11.2. The third kappa shape index (κ3) is 4.03. The van der Waals surface area contributed by atoms with Gasteiger partial charge in [0.2, 0.25) is 0 Å². The van der Waals surface area contributed by atoms with Gasteiger partial charge in [0.15, 0.2) is 5.96 Å². The zero-order valence-corrected chi connectivity index (χ0v) is 13.5. The molecule has 0 atom stereocenters. The van der Waals surface area contributed by atoms with E-state index in [1.54, 1.807) is 0 Å². The molecule has 0 spiro atoms. The lowest BCUT2D eigenvalue weighted by Gasteiger charge is -2.07. The number of guanidine groups is 1. The smallest absolute Gasteiger partial charge is 0.193 e. The van der Waals surface area contributed by atoms with Crippen molar-refractivity contribution in [3.05, 3.63) is 59.2 Å². The third-order valence-corrected chi connectivity index (χ3v) is 4.07. The van der Waals surface area contributed by atoms with Gasteiger partial charge in [-0.05, 0) is 47.7 Å². The van der Waals surface area contributed by atoms with E-state index in [4.69, 9.17) is 10.5 Å². The number of ether oxygens (including phenoxy) is 1. The van der Waals surface area contributed by atoms with Crippen LogP contribution in [0.25, 0.3) is 0 Å². The minimum atomic E-state index is 0.457. The van der Waals surface area contributed by atoms with Crippen LogP contribution < -0.4 is 15.8 Å². The summed E-state index contributed by atoms with van der Waals surface area (Å²) in [6.07, 6.45) is 2.92. The highest BCUT2D eigenvalue weighted by atomic mass is 16.5. The second-order valence-corrected chi connectivity index (χ2v) is 5.73. The molecule has 4 heteroatoms. The van der Waals surface area contributed by atoms with Crippen LogP contribution in [0.5, 0.6) is 5.75 Å². The first-order valence-corrected chi connectivity index (χ1v) is 8.15. The van der Waals surface area contributed by atoms with Crippen molar-refractivity contribution in [3.8, 4) is 5.75 Å². The van der Waals surface area contributed by atoms with Gasteiger partial charge in [-0.15, -0.1) is 0 Å². The molecule has 0 radical (unpaired) electrons. The molecule has 0 saturated carbocycles. The lowest BCUT2D eigenvalue weighted by Crippen LogP contribution is -2.23. The molecule has 3 N–H and O–H groups in total. The summed E-state index contributed by atoms with van der Waals surface area (Å²) in [6, 6.07) is 14.6. The maximum absolute atomic E-state index is 5.95. The Hall–Kier alpha value is -2.49. The Morgan fingerprint density at radius 3 is 2.74 bits per heavy atom. The summed E-state index contributed by atoms with van der Waals surface area (Å²) in [7, 11) is 0. The predicted octanol–water partition coefficient (Wildman–Crippen LogP) is 3.15. The highest BCUT2D eigenvalue weighted by molar-refractivity contribution is 5.92. The minimum absolute atomic E-state index is 0.457. The molecule has 0 fully saturated rings. The molecule has 0 amide bonds. The van der Waals surface area contributed by atoms with Crippen LogP contribution in [0.15, 0.2) is 47.5 Å². The lowest BCUT2D eigenvalue weighted by molar-refractivity contribution is 0.357. The van der Waals surface area contributed by atoms with E-state index in [-0.39, 0.29) is 0 Å². The van der Waals surface area contributed by atoms with Gasteiger partial charge in [0, 0.05) is 18.7 Å². The number of aliphatic imine (C=N–C) groups is 1. The van der Waals surface area contributed by atoms with Crippen LogP contribution in [0.2, 0.25) is 0 Å². The number of nitrogens with two attached hydrogens (primary N) is 1. The van der Waals surface area contributed by atoms with E-state index in [1.807, 2.05) is 12.1 Å². The molecule has 2 aromatic rings. The van der Waals surface area contributed by atoms with Gasteiger partial charge in [-0.2, -0.15) is 0 Å². The highest BCUT2D eigenvalue weighted by Gasteiger charge is 2.11. The van der Waals surface area contributed by atoms with Gasteiger partial charge in [-0.25, -0.2) is 0 Å². The van der Waals surface area contributed by atoms with Gasteiger partial charge in [0.1, 0.15) is 5.75 Å². The molecule has 0 aromatic heterocycles. The number of hydrogen-bond acceptors (Lipinski definition) is 2. The largest absolute Gasteiger partial charge is 0.493 e. The average Bonchev–Trinajstić information content (AvgIpc) is 3.03. The number of hydrogen-bond donors (Lipinski definition) is 2. The monoisotopic (exact) mass is 309 g/mol. The van der Waals surface area contributed by atoms with Crippen molar-refractivity contribution in [2.45, 2.75) is 26.2 Å². The summed E-state index contributed by atoms with van der Waals surface area (Å²) >= 11 is 0. The zero-order chi connectivity index (χ0) is 16.1. The molecule has 0 aliphatic carbocycles. The Morgan fingerprint density at radius 2 is 1.96 bits per heavy atom. The van der Waals surface area contributed by atoms with Crippen molar-refractivity contribution in [1.29, 1.82) is 0 Å². The van der Waals surface area contributed by atoms with Crippen molar-refractivity contribution in [3.63, 3.8) is 0 Å². The number of anilines is 1. The lowest BCUT2D eigenvalue weighted by atomic mass is 10.1. The minimum Gasteiger partial charge on any atom is -0.493 e. The maximum atomic E-state index is 5.95. The normalized spacial score (nSPS) is 13.5. The van der Waals surface area contributed by atoms with Gasteiger partial charge in [-0.3, -0.25) is 4.99 Å². The summed E-state index contributed by atoms with van der Waals surface area (Å²) in [5.41, 5.74) is 10.8. The number of aryl methyl sites for hydroxylation is 1. The van der Waals surface area contributed by atoms with E-state index in [2.05, 4.69) is 47.6 Å². The van der Waals surface area contributed by atoms with Gasteiger partial charge in [-0.1, -0.05) is 31.2 Å². The number of fused-ring (bicyclic) bond motifs is 1. The van der Waals surface area contributed by atoms with Crippen molar-refractivity contribution < 1.29 is 4.74 Å². The van der Waals surface area contributed by atoms with Crippen LogP contribution in [0, 0.1) is 0 Å². The number of rotatable bonds is 5. The molecular weight excluding hydrogens is 286 g/mol. The van der Waals surface area contributed by atoms with E-state index in [0.29, 0.717) is 12.5 Å². The second kappa shape index (κ2) is 7.18. The number of nitrogens with one attached hydrogen (secondary N) is 1. The van der Waals surface area contributed by atoms with E-state index < -0.39 is 0 Å². The summed E-state index contributed by atoms with van der Waals surface area (Å²) in [5.74, 6) is 1.48. The molecule has 4 nitrogen and oxygen atoms in total. The first kappa shape index (κ1) is 15.4. The summed E-state index contributed by atoms with van der Waals surface area (Å²) in [6.45, 7) is 3.61. The van der Waals surface area contributed by atoms with Gasteiger partial charge in [0.25, 0.3) is 0 Å². The average molecular weight is 309 g/mol. The summed E-state index contributed by atoms with van der Waals surface area (Å²) < 4.78 is 5.52. The fourth-order valence-electron chi connectivity index (χ4n) is 2.71. The Bertz CT molecular complexity index is 692. The number of benzene rings is 2. The quantitative estimate of drug-likeness (QED) is 0.659. The molecule has 3 rings (SSSR count). The van der Waals surface area contributed by atoms with E-state index in [1.165, 1.54) is 16.7 Å². The Labute approximate surface area is 137 Å². The predicted molar refractivity (Wildman–Crippen MR) is 95.3 cm³/mol. The molecule has 1 heterocycles. The van der Waals surface area contributed by atoms with Gasteiger partial charge in [0.05, 0.1) is 6.61 Å². The second-order valence-electron chi connectivity index (χ2n) is 5.73. The first-order valence-electron chi connectivity index (χ1n) is 8.15. The molecule has 120 valence electrons.